The van der Waals surface area contributed by atoms with Gasteiger partial charge in [-0.05, 0) is 34.7 Å². The molecule has 1 aromatic heterocycles. The second-order valence-electron chi connectivity index (χ2n) is 8.81. The molecular formula is C28H28N4O3. The van der Waals surface area contributed by atoms with E-state index in [1.54, 1.807) is 19.2 Å². The molecule has 0 saturated heterocycles. The van der Waals surface area contributed by atoms with Crippen molar-refractivity contribution in [3.8, 4) is 5.69 Å². The van der Waals surface area contributed by atoms with E-state index in [2.05, 4.69) is 18.9 Å². The van der Waals surface area contributed by atoms with Crippen LogP contribution in [0, 0.1) is 0 Å². The minimum atomic E-state index is -0.709. The summed E-state index contributed by atoms with van der Waals surface area (Å²) in [5.74, 6) is -0.224. The molecule has 0 saturated carbocycles. The summed E-state index contributed by atoms with van der Waals surface area (Å²) >= 11 is 0. The number of amides is 1. The van der Waals surface area contributed by atoms with E-state index in [-0.39, 0.29) is 12.2 Å². The van der Waals surface area contributed by atoms with Crippen molar-refractivity contribution in [3.05, 3.63) is 128 Å². The summed E-state index contributed by atoms with van der Waals surface area (Å²) in [7, 11) is 1.62. The fourth-order valence-electron chi connectivity index (χ4n) is 3.83. The van der Waals surface area contributed by atoms with Crippen LogP contribution in [0.5, 0.6) is 0 Å². The second kappa shape index (κ2) is 10.3. The molecule has 4 aromatic rings. The van der Waals surface area contributed by atoms with Gasteiger partial charge in [0.25, 0.3) is 11.5 Å². The molecule has 0 bridgehead atoms. The van der Waals surface area contributed by atoms with Gasteiger partial charge < -0.3 is 4.90 Å². The highest BCUT2D eigenvalue weighted by Gasteiger charge is 2.23. The molecule has 0 radical (unpaired) electrons. The summed E-state index contributed by atoms with van der Waals surface area (Å²) in [6.45, 7) is 4.51. The van der Waals surface area contributed by atoms with Crippen LogP contribution in [-0.2, 0) is 13.1 Å². The molecule has 0 aliphatic carbocycles. The van der Waals surface area contributed by atoms with Crippen LogP contribution >= 0.6 is 0 Å². The Bertz CT molecular complexity index is 1420. The molecule has 1 heterocycles. The topological polar surface area (TPSA) is 77.2 Å². The van der Waals surface area contributed by atoms with Crippen molar-refractivity contribution >= 4 is 5.91 Å². The Hall–Kier alpha value is -4.26. The molecule has 0 aliphatic rings. The van der Waals surface area contributed by atoms with Gasteiger partial charge in [-0.1, -0.05) is 86.6 Å². The smallest absolute Gasteiger partial charge is 0.336 e. The van der Waals surface area contributed by atoms with E-state index >= 15 is 0 Å². The molecule has 0 N–H and O–H groups in total. The summed E-state index contributed by atoms with van der Waals surface area (Å²) in [6, 6.07) is 26.1. The van der Waals surface area contributed by atoms with Crippen molar-refractivity contribution in [3.63, 3.8) is 0 Å². The average molecular weight is 469 g/mol. The Kier molecular flexibility index (Phi) is 7.06. The number of benzene rings is 3. The van der Waals surface area contributed by atoms with E-state index in [1.165, 1.54) is 4.90 Å². The normalized spacial score (nSPS) is 11.0. The molecule has 4 rings (SSSR count). The highest BCUT2D eigenvalue weighted by molar-refractivity contribution is 5.91. The molecule has 3 aromatic carbocycles. The third-order valence-electron chi connectivity index (χ3n) is 5.86. The van der Waals surface area contributed by atoms with Gasteiger partial charge >= 0.3 is 5.69 Å². The first kappa shape index (κ1) is 23.9. The monoisotopic (exact) mass is 468 g/mol. The zero-order valence-electron chi connectivity index (χ0n) is 20.1. The minimum Gasteiger partial charge on any atom is -0.336 e. The van der Waals surface area contributed by atoms with Crippen molar-refractivity contribution in [2.45, 2.75) is 32.9 Å². The van der Waals surface area contributed by atoms with E-state index in [9.17, 15) is 14.4 Å². The van der Waals surface area contributed by atoms with Crippen LogP contribution in [0.4, 0.5) is 0 Å². The van der Waals surface area contributed by atoms with Crippen molar-refractivity contribution in [1.29, 1.82) is 0 Å². The molecule has 0 fully saturated rings. The predicted octanol–water partition coefficient (Wildman–Crippen LogP) is 3.84. The molecular weight excluding hydrogens is 440 g/mol. The number of aromatic nitrogens is 3. The molecule has 0 aliphatic heterocycles. The number of hydrogen-bond donors (Lipinski definition) is 0. The highest BCUT2D eigenvalue weighted by atomic mass is 16.2. The van der Waals surface area contributed by atoms with Crippen molar-refractivity contribution < 1.29 is 4.79 Å². The Morgan fingerprint density at radius 3 is 2.00 bits per heavy atom. The lowest BCUT2D eigenvalue weighted by atomic mass is 10.0. The van der Waals surface area contributed by atoms with Gasteiger partial charge in [-0.15, -0.1) is 0 Å². The lowest BCUT2D eigenvalue weighted by Gasteiger charge is -2.18. The quantitative estimate of drug-likeness (QED) is 0.413. The Morgan fingerprint density at radius 2 is 1.43 bits per heavy atom. The number of rotatable bonds is 7. The van der Waals surface area contributed by atoms with Gasteiger partial charge in [-0.2, -0.15) is 9.78 Å². The van der Waals surface area contributed by atoms with E-state index in [4.69, 9.17) is 0 Å². The maximum atomic E-state index is 13.4. The maximum Gasteiger partial charge on any atom is 0.352 e. The molecule has 0 spiro atoms. The van der Waals surface area contributed by atoms with E-state index in [1.807, 2.05) is 72.8 Å². The molecule has 7 heteroatoms. The maximum absolute atomic E-state index is 13.4. The fraction of sp³-hybridized carbons (Fsp3) is 0.214. The summed E-state index contributed by atoms with van der Waals surface area (Å²) in [4.78, 5) is 41.5. The largest absolute Gasteiger partial charge is 0.352 e. The molecule has 35 heavy (non-hydrogen) atoms. The van der Waals surface area contributed by atoms with Crippen LogP contribution in [0.15, 0.2) is 94.5 Å². The van der Waals surface area contributed by atoms with Crippen molar-refractivity contribution in [2.75, 3.05) is 7.05 Å². The lowest BCUT2D eigenvalue weighted by molar-refractivity contribution is 0.0773. The van der Waals surface area contributed by atoms with E-state index in [0.717, 1.165) is 25.9 Å². The number of hydrogen-bond acceptors (Lipinski definition) is 4. The van der Waals surface area contributed by atoms with E-state index in [0.29, 0.717) is 18.2 Å². The van der Waals surface area contributed by atoms with Crippen molar-refractivity contribution in [1.82, 2.24) is 19.2 Å². The van der Waals surface area contributed by atoms with Crippen LogP contribution < -0.4 is 11.2 Å². The van der Waals surface area contributed by atoms with Gasteiger partial charge in [0.05, 0.1) is 12.2 Å². The minimum absolute atomic E-state index is 0.0355. The third kappa shape index (κ3) is 5.30. The van der Waals surface area contributed by atoms with Crippen LogP contribution in [0.3, 0.4) is 0 Å². The Balaban J connectivity index is 1.81. The number of nitrogens with zero attached hydrogens (tertiary/aromatic N) is 4. The van der Waals surface area contributed by atoms with Crippen molar-refractivity contribution in [2.24, 2.45) is 0 Å². The zero-order chi connectivity index (χ0) is 24.9. The molecule has 0 unspecified atom stereocenters. The number of carbonyl (C=O) groups excluding carboxylic acids is 1. The molecule has 7 nitrogen and oxygen atoms in total. The zero-order valence-corrected chi connectivity index (χ0v) is 20.1. The van der Waals surface area contributed by atoms with Crippen LogP contribution in [-0.4, -0.2) is 32.2 Å². The first-order valence-corrected chi connectivity index (χ1v) is 11.5. The molecule has 178 valence electrons. The lowest BCUT2D eigenvalue weighted by Crippen LogP contribution is -2.46. The molecule has 1 amide bonds. The summed E-state index contributed by atoms with van der Waals surface area (Å²) in [5.41, 5.74) is 1.68. The highest BCUT2D eigenvalue weighted by Crippen LogP contribution is 2.16. The summed E-state index contributed by atoms with van der Waals surface area (Å²) in [5, 5.41) is 4.26. The standard InChI is InChI=1S/C28H28N4O3/c1-20(2)23-14-16-24(17-15-23)32-28(35)31(19-22-12-8-5-9-13-22)27(34)25(29-32)26(33)30(3)18-21-10-6-4-7-11-21/h4-17,20H,18-19H2,1-3H3. The summed E-state index contributed by atoms with van der Waals surface area (Å²) < 4.78 is 2.21. The fourth-order valence-corrected chi connectivity index (χ4v) is 3.83. The van der Waals surface area contributed by atoms with E-state index < -0.39 is 17.2 Å². The SMILES string of the molecule is CC(C)c1ccc(-n2nc(C(=O)N(C)Cc3ccccc3)c(=O)n(Cc3ccccc3)c2=O)cc1. The van der Waals surface area contributed by atoms with Crippen LogP contribution in [0.25, 0.3) is 5.69 Å². The predicted molar refractivity (Wildman–Crippen MR) is 136 cm³/mol. The first-order valence-electron chi connectivity index (χ1n) is 11.5. The van der Waals surface area contributed by atoms with Gasteiger partial charge in [0.1, 0.15) is 0 Å². The van der Waals surface area contributed by atoms with Gasteiger partial charge in [-0.3, -0.25) is 14.2 Å². The van der Waals surface area contributed by atoms with Gasteiger partial charge in [0.15, 0.2) is 0 Å². The Morgan fingerprint density at radius 1 is 0.857 bits per heavy atom. The summed E-state index contributed by atoms with van der Waals surface area (Å²) in [6.07, 6.45) is 0. The average Bonchev–Trinajstić information content (AvgIpc) is 2.87. The second-order valence-corrected chi connectivity index (χ2v) is 8.81. The third-order valence-corrected chi connectivity index (χ3v) is 5.86. The van der Waals surface area contributed by atoms with Gasteiger partial charge in [0.2, 0.25) is 5.69 Å². The number of carbonyl (C=O) groups is 1. The Labute approximate surface area is 203 Å². The molecule has 0 atom stereocenters. The van der Waals surface area contributed by atoms with Crippen LogP contribution in [0.2, 0.25) is 0 Å². The van der Waals surface area contributed by atoms with Crippen LogP contribution in [0.1, 0.15) is 46.9 Å². The van der Waals surface area contributed by atoms with Gasteiger partial charge in [-0.25, -0.2) is 4.79 Å². The first-order chi connectivity index (χ1) is 16.8. The van der Waals surface area contributed by atoms with Gasteiger partial charge in [0, 0.05) is 13.6 Å².